The van der Waals surface area contributed by atoms with Gasteiger partial charge in [-0.25, -0.2) is 0 Å². The van der Waals surface area contributed by atoms with Crippen molar-refractivity contribution in [3.05, 3.63) is 32.9 Å². The first-order valence-electron chi connectivity index (χ1n) is 13.9. The number of aliphatic hydroxyl groups excluding tert-OH is 3. The molecule has 0 saturated carbocycles. The van der Waals surface area contributed by atoms with Gasteiger partial charge in [-0.2, -0.15) is 0 Å². The fourth-order valence-electron chi connectivity index (χ4n) is 4.71. The van der Waals surface area contributed by atoms with E-state index >= 15 is 0 Å². The Bertz CT molecular complexity index is 1030. The van der Waals surface area contributed by atoms with Crippen LogP contribution in [0, 0.1) is 3.57 Å². The van der Waals surface area contributed by atoms with E-state index in [2.05, 4.69) is 34.8 Å². The van der Waals surface area contributed by atoms with Gasteiger partial charge in [0.25, 0.3) is 0 Å². The van der Waals surface area contributed by atoms with Crippen LogP contribution in [0.25, 0.3) is 0 Å². The molecule has 3 unspecified atom stereocenters. The van der Waals surface area contributed by atoms with Crippen LogP contribution in [0.2, 0.25) is 0 Å². The van der Waals surface area contributed by atoms with Gasteiger partial charge in [0.2, 0.25) is 11.8 Å². The van der Waals surface area contributed by atoms with Gasteiger partial charge in [0.15, 0.2) is 11.5 Å². The molecule has 0 radical (unpaired) electrons. The molecule has 0 fully saturated rings. The molecule has 40 heavy (non-hydrogen) atoms. The predicted molar refractivity (Wildman–Crippen MR) is 159 cm³/mol. The van der Waals surface area contributed by atoms with Crippen molar-refractivity contribution in [2.24, 2.45) is 0 Å². The summed E-state index contributed by atoms with van der Waals surface area (Å²) < 4.78 is 12.4. The first-order chi connectivity index (χ1) is 19.2. The van der Waals surface area contributed by atoms with Crippen LogP contribution in [0.5, 0.6) is 11.5 Å². The van der Waals surface area contributed by atoms with Gasteiger partial charge in [-0.05, 0) is 66.1 Å². The van der Waals surface area contributed by atoms with Crippen molar-refractivity contribution in [1.29, 1.82) is 0 Å². The lowest BCUT2D eigenvalue weighted by molar-refractivity contribution is -0.138. The fraction of sp³-hybridized carbons (Fsp3) is 0.621. The summed E-state index contributed by atoms with van der Waals surface area (Å²) in [6.07, 6.45) is 4.10. The average Bonchev–Trinajstić information content (AvgIpc) is 2.93. The third-order valence-electron chi connectivity index (χ3n) is 6.83. The maximum Gasteiger partial charge on any atom is 0.247 e. The maximum atomic E-state index is 13.4. The lowest BCUT2D eigenvalue weighted by atomic mass is 9.87. The standard InChI is InChI=1S/C29H43IN2O8/c1-4-5-6-7-12-32(26(36)10-8-9-19(2)35)23-16-21(29(38)31-11-13-33)17-24(27(23)37)40-28-22(30)14-20(18-34)15-25(28)39-3/h14-15,17,23-24,27,33-34,37H,4-13,16,18H2,1-3H3,(H,31,38). The molecule has 0 spiro atoms. The number of hydrogen-bond donors (Lipinski definition) is 4. The number of Topliss-reactive ketones (excluding diaryl/α,β-unsaturated/α-hetero) is 1. The number of carbonyl (C=O) groups excluding carboxylic acids is 3. The molecule has 1 aromatic rings. The largest absolute Gasteiger partial charge is 0.493 e. The van der Waals surface area contributed by atoms with Crippen molar-refractivity contribution in [2.45, 2.75) is 90.1 Å². The molecule has 0 heterocycles. The fourth-order valence-corrected chi connectivity index (χ4v) is 5.50. The molecule has 0 aliphatic heterocycles. The molecule has 2 rings (SSSR count). The van der Waals surface area contributed by atoms with Crippen LogP contribution in [0.1, 0.15) is 70.8 Å². The molecule has 1 aliphatic carbocycles. The van der Waals surface area contributed by atoms with Crippen LogP contribution < -0.4 is 14.8 Å². The maximum absolute atomic E-state index is 13.4. The SMILES string of the molecule is CCCCCCN(C(=O)CCCC(C)=O)C1CC(C(=O)NCCO)=CC(Oc2c(I)cc(CO)cc2OC)C1O. The van der Waals surface area contributed by atoms with E-state index in [0.29, 0.717) is 45.6 Å². The van der Waals surface area contributed by atoms with E-state index in [0.717, 1.165) is 25.7 Å². The van der Waals surface area contributed by atoms with Gasteiger partial charge in [0, 0.05) is 37.9 Å². The smallest absolute Gasteiger partial charge is 0.247 e. The molecule has 11 heteroatoms. The second kappa shape index (κ2) is 17.6. The summed E-state index contributed by atoms with van der Waals surface area (Å²) >= 11 is 2.06. The van der Waals surface area contributed by atoms with E-state index in [1.807, 2.05) is 0 Å². The molecular weight excluding hydrogens is 631 g/mol. The number of rotatable bonds is 17. The summed E-state index contributed by atoms with van der Waals surface area (Å²) in [5.74, 6) is 0.124. The summed E-state index contributed by atoms with van der Waals surface area (Å²) in [5.41, 5.74) is 0.967. The molecule has 4 N–H and O–H groups in total. The summed E-state index contributed by atoms with van der Waals surface area (Å²) in [7, 11) is 1.47. The first-order valence-corrected chi connectivity index (χ1v) is 14.9. The summed E-state index contributed by atoms with van der Waals surface area (Å²) in [6, 6.07) is 2.64. The Hall–Kier alpha value is -2.22. The zero-order valence-electron chi connectivity index (χ0n) is 23.7. The van der Waals surface area contributed by atoms with Gasteiger partial charge in [-0.1, -0.05) is 26.2 Å². The molecule has 1 aliphatic rings. The van der Waals surface area contributed by atoms with Gasteiger partial charge in [0.1, 0.15) is 18.0 Å². The molecule has 224 valence electrons. The van der Waals surface area contributed by atoms with Crippen molar-refractivity contribution in [1.82, 2.24) is 10.2 Å². The van der Waals surface area contributed by atoms with Gasteiger partial charge in [0.05, 0.1) is 29.9 Å². The molecule has 0 aromatic heterocycles. The number of aliphatic hydroxyl groups is 3. The lowest BCUT2D eigenvalue weighted by Gasteiger charge is -2.41. The molecule has 3 atom stereocenters. The number of methoxy groups -OCH3 is 1. The normalized spacial score (nSPS) is 18.6. The summed E-state index contributed by atoms with van der Waals surface area (Å²) in [4.78, 5) is 39.5. The molecule has 10 nitrogen and oxygen atoms in total. The third kappa shape index (κ3) is 10.0. The Morgan fingerprint density at radius 1 is 1.12 bits per heavy atom. The molecule has 0 saturated heterocycles. The van der Waals surface area contributed by atoms with Gasteiger partial charge in [-0.3, -0.25) is 9.59 Å². The number of hydrogen-bond acceptors (Lipinski definition) is 8. The zero-order valence-corrected chi connectivity index (χ0v) is 25.8. The number of nitrogens with one attached hydrogen (secondary N) is 1. The Kier molecular flexibility index (Phi) is 14.9. The quantitative estimate of drug-likeness (QED) is 0.146. The predicted octanol–water partition coefficient (Wildman–Crippen LogP) is 2.88. The van der Waals surface area contributed by atoms with Crippen LogP contribution in [-0.4, -0.2) is 82.9 Å². The van der Waals surface area contributed by atoms with Crippen molar-refractivity contribution < 1.29 is 39.2 Å². The summed E-state index contributed by atoms with van der Waals surface area (Å²) in [5, 5.41) is 33.0. The summed E-state index contributed by atoms with van der Waals surface area (Å²) in [6.45, 7) is 3.65. The average molecular weight is 675 g/mol. The van der Waals surface area contributed by atoms with Gasteiger partial charge >= 0.3 is 0 Å². The highest BCUT2D eigenvalue weighted by atomic mass is 127. The topological polar surface area (TPSA) is 146 Å². The number of amides is 2. The van der Waals surface area contributed by atoms with E-state index in [-0.39, 0.29) is 44.3 Å². The van der Waals surface area contributed by atoms with Crippen LogP contribution in [0.3, 0.4) is 0 Å². The van der Waals surface area contributed by atoms with E-state index in [4.69, 9.17) is 9.47 Å². The van der Waals surface area contributed by atoms with Crippen molar-refractivity contribution in [3.63, 3.8) is 0 Å². The van der Waals surface area contributed by atoms with Crippen molar-refractivity contribution in [2.75, 3.05) is 26.8 Å². The van der Waals surface area contributed by atoms with E-state index < -0.39 is 24.2 Å². The highest BCUT2D eigenvalue weighted by Gasteiger charge is 2.40. The van der Waals surface area contributed by atoms with Crippen molar-refractivity contribution >= 4 is 40.2 Å². The Morgan fingerprint density at radius 2 is 1.88 bits per heavy atom. The second-order valence-electron chi connectivity index (χ2n) is 9.99. The zero-order chi connectivity index (χ0) is 29.7. The Morgan fingerprint density at radius 3 is 2.50 bits per heavy atom. The third-order valence-corrected chi connectivity index (χ3v) is 7.63. The van der Waals surface area contributed by atoms with Crippen LogP contribution in [-0.2, 0) is 21.0 Å². The minimum absolute atomic E-state index is 0.00926. The highest BCUT2D eigenvalue weighted by molar-refractivity contribution is 14.1. The molecule has 1 aromatic carbocycles. The number of halogens is 1. The number of nitrogens with zero attached hydrogens (tertiary/aromatic N) is 1. The van der Waals surface area contributed by atoms with Crippen LogP contribution in [0.15, 0.2) is 23.8 Å². The Labute approximate surface area is 250 Å². The first kappa shape index (κ1) is 34.0. The minimum Gasteiger partial charge on any atom is -0.493 e. The highest BCUT2D eigenvalue weighted by Crippen LogP contribution is 2.37. The van der Waals surface area contributed by atoms with E-state index in [1.54, 1.807) is 23.1 Å². The van der Waals surface area contributed by atoms with Crippen LogP contribution >= 0.6 is 22.6 Å². The van der Waals surface area contributed by atoms with Crippen LogP contribution in [0.4, 0.5) is 0 Å². The number of ether oxygens (including phenoxy) is 2. The second-order valence-corrected chi connectivity index (χ2v) is 11.1. The van der Waals surface area contributed by atoms with E-state index in [9.17, 15) is 29.7 Å². The van der Waals surface area contributed by atoms with Gasteiger partial charge in [-0.15, -0.1) is 0 Å². The molecular formula is C29H43IN2O8. The number of carbonyl (C=O) groups is 3. The lowest BCUT2D eigenvalue weighted by Crippen LogP contribution is -2.55. The monoisotopic (exact) mass is 674 g/mol. The van der Waals surface area contributed by atoms with Gasteiger partial charge < -0.3 is 39.8 Å². The van der Waals surface area contributed by atoms with Crippen molar-refractivity contribution in [3.8, 4) is 11.5 Å². The number of benzene rings is 1. The number of unbranched alkanes of at least 4 members (excludes halogenated alkanes) is 3. The molecule has 0 bridgehead atoms. The van der Waals surface area contributed by atoms with E-state index in [1.165, 1.54) is 14.0 Å². The minimum atomic E-state index is -1.16. The molecule has 2 amide bonds. The number of ketones is 1. The Balaban J connectivity index is 2.44.